The Labute approximate surface area is 135 Å². The summed E-state index contributed by atoms with van der Waals surface area (Å²) in [6.45, 7) is 0.628. The summed E-state index contributed by atoms with van der Waals surface area (Å²) in [5, 5.41) is 16.5. The van der Waals surface area contributed by atoms with Crippen molar-refractivity contribution in [2.45, 2.75) is 0 Å². The Morgan fingerprint density at radius 2 is 2.09 bits per heavy atom. The fourth-order valence-electron chi connectivity index (χ4n) is 1.86. The molecule has 0 bridgehead atoms. The second-order valence-corrected chi connectivity index (χ2v) is 5.70. The molecule has 0 atom stereocenters. The lowest BCUT2D eigenvalue weighted by molar-refractivity contribution is -0.384. The van der Waals surface area contributed by atoms with E-state index in [2.05, 4.69) is 10.6 Å². The highest BCUT2D eigenvalue weighted by atomic mass is 32.1. The van der Waals surface area contributed by atoms with Gasteiger partial charge in [-0.1, -0.05) is 0 Å². The first-order valence-electron chi connectivity index (χ1n) is 6.73. The van der Waals surface area contributed by atoms with E-state index in [1.54, 1.807) is 12.1 Å². The largest absolute Gasteiger partial charge is 0.383 e. The number of hydrogen-bond acceptors (Lipinski definition) is 6. The highest BCUT2D eigenvalue weighted by molar-refractivity contribution is 7.20. The first kappa shape index (κ1) is 16.8. The normalized spacial score (nSPS) is 10.5. The number of rotatable bonds is 7. The van der Waals surface area contributed by atoms with Crippen LogP contribution in [-0.2, 0) is 9.53 Å². The van der Waals surface area contributed by atoms with Crippen molar-refractivity contribution in [2.24, 2.45) is 0 Å². The molecule has 0 aliphatic carbocycles. The smallest absolute Gasteiger partial charge is 0.270 e. The van der Waals surface area contributed by atoms with Gasteiger partial charge in [-0.2, -0.15) is 0 Å². The standard InChI is InChI=1S/C14H15N3O5S/c1-22-5-4-15-13(18)8-16-14(19)12-7-9-6-10(17(20)21)2-3-11(9)23-12/h2-3,6-7H,4-5,8H2,1H3,(H,15,18)(H,16,19). The lowest BCUT2D eigenvalue weighted by atomic mass is 10.2. The predicted molar refractivity (Wildman–Crippen MR) is 85.7 cm³/mol. The fourth-order valence-corrected chi connectivity index (χ4v) is 2.82. The van der Waals surface area contributed by atoms with E-state index in [9.17, 15) is 19.7 Å². The van der Waals surface area contributed by atoms with Gasteiger partial charge in [0.2, 0.25) is 5.91 Å². The molecule has 2 N–H and O–H groups in total. The van der Waals surface area contributed by atoms with Gasteiger partial charge in [0.25, 0.3) is 11.6 Å². The van der Waals surface area contributed by atoms with Crippen LogP contribution >= 0.6 is 11.3 Å². The fraction of sp³-hybridized carbons (Fsp3) is 0.286. The van der Waals surface area contributed by atoms with E-state index < -0.39 is 10.8 Å². The van der Waals surface area contributed by atoms with Gasteiger partial charge in [0.1, 0.15) is 0 Å². The van der Waals surface area contributed by atoms with Crippen molar-refractivity contribution in [1.82, 2.24) is 10.6 Å². The van der Waals surface area contributed by atoms with Crippen LogP contribution in [0.3, 0.4) is 0 Å². The summed E-state index contributed by atoms with van der Waals surface area (Å²) < 4.78 is 5.57. The van der Waals surface area contributed by atoms with E-state index in [1.807, 2.05) is 0 Å². The van der Waals surface area contributed by atoms with Gasteiger partial charge >= 0.3 is 0 Å². The van der Waals surface area contributed by atoms with Crippen LogP contribution in [0.15, 0.2) is 24.3 Å². The molecule has 0 fully saturated rings. The number of nitrogens with zero attached hydrogens (tertiary/aromatic N) is 1. The molecule has 1 heterocycles. The number of nitrogens with one attached hydrogen (secondary N) is 2. The molecule has 2 amide bonds. The van der Waals surface area contributed by atoms with Gasteiger partial charge in [0, 0.05) is 35.9 Å². The topological polar surface area (TPSA) is 111 Å². The summed E-state index contributed by atoms with van der Waals surface area (Å²) in [7, 11) is 1.53. The Bertz CT molecular complexity index is 743. The third-order valence-corrected chi connectivity index (χ3v) is 4.09. The van der Waals surface area contributed by atoms with E-state index >= 15 is 0 Å². The van der Waals surface area contributed by atoms with Crippen LogP contribution in [0.2, 0.25) is 0 Å². The molecule has 1 aromatic heterocycles. The Morgan fingerprint density at radius 3 is 2.78 bits per heavy atom. The highest BCUT2D eigenvalue weighted by Gasteiger charge is 2.14. The van der Waals surface area contributed by atoms with Crippen LogP contribution in [0.25, 0.3) is 10.1 Å². The molecule has 23 heavy (non-hydrogen) atoms. The molecule has 0 aliphatic heterocycles. The summed E-state index contributed by atoms with van der Waals surface area (Å²) in [5.41, 5.74) is -0.0280. The number of nitro benzene ring substituents is 1. The molecule has 9 heteroatoms. The van der Waals surface area contributed by atoms with Crippen molar-refractivity contribution in [3.8, 4) is 0 Å². The molecule has 1 aromatic carbocycles. The molecule has 0 radical (unpaired) electrons. The van der Waals surface area contributed by atoms with E-state index in [1.165, 1.54) is 30.6 Å². The summed E-state index contributed by atoms with van der Waals surface area (Å²) in [4.78, 5) is 34.2. The van der Waals surface area contributed by atoms with Crippen LogP contribution in [0.4, 0.5) is 5.69 Å². The molecule has 2 rings (SSSR count). The number of hydrogen-bond donors (Lipinski definition) is 2. The maximum absolute atomic E-state index is 12.0. The average molecular weight is 337 g/mol. The number of benzene rings is 1. The van der Waals surface area contributed by atoms with Crippen molar-refractivity contribution in [3.05, 3.63) is 39.3 Å². The zero-order valence-corrected chi connectivity index (χ0v) is 13.1. The zero-order valence-electron chi connectivity index (χ0n) is 12.3. The SMILES string of the molecule is COCCNC(=O)CNC(=O)c1cc2cc([N+](=O)[O-])ccc2s1. The van der Waals surface area contributed by atoms with Crippen LogP contribution in [0.1, 0.15) is 9.67 Å². The molecule has 0 spiro atoms. The molecule has 2 aromatic rings. The summed E-state index contributed by atoms with van der Waals surface area (Å²) >= 11 is 1.21. The molecule has 122 valence electrons. The molecule has 0 saturated carbocycles. The minimum Gasteiger partial charge on any atom is -0.383 e. The molecular weight excluding hydrogens is 322 g/mol. The molecular formula is C14H15N3O5S. The third kappa shape index (κ3) is 4.47. The number of methoxy groups -OCH3 is 1. The van der Waals surface area contributed by atoms with Crippen LogP contribution in [0.5, 0.6) is 0 Å². The quantitative estimate of drug-likeness (QED) is 0.449. The van der Waals surface area contributed by atoms with Crippen molar-refractivity contribution < 1.29 is 19.2 Å². The summed E-state index contributed by atoms with van der Waals surface area (Å²) in [6, 6.07) is 5.99. The third-order valence-electron chi connectivity index (χ3n) is 2.97. The van der Waals surface area contributed by atoms with Crippen molar-refractivity contribution in [1.29, 1.82) is 0 Å². The van der Waals surface area contributed by atoms with Crippen LogP contribution in [0, 0.1) is 10.1 Å². The summed E-state index contributed by atoms with van der Waals surface area (Å²) in [5.74, 6) is -0.706. The van der Waals surface area contributed by atoms with Gasteiger partial charge in [0.15, 0.2) is 0 Å². The van der Waals surface area contributed by atoms with Gasteiger partial charge in [-0.25, -0.2) is 0 Å². The Hall–Kier alpha value is -2.52. The summed E-state index contributed by atoms with van der Waals surface area (Å²) in [6.07, 6.45) is 0. The van der Waals surface area contributed by atoms with E-state index in [0.29, 0.717) is 23.4 Å². The molecule has 8 nitrogen and oxygen atoms in total. The van der Waals surface area contributed by atoms with E-state index in [0.717, 1.165) is 4.70 Å². The van der Waals surface area contributed by atoms with Crippen molar-refractivity contribution in [3.63, 3.8) is 0 Å². The van der Waals surface area contributed by atoms with Gasteiger partial charge < -0.3 is 15.4 Å². The predicted octanol–water partition coefficient (Wildman–Crippen LogP) is 1.30. The minimum absolute atomic E-state index is 0.0280. The Kier molecular flexibility index (Phi) is 5.61. The van der Waals surface area contributed by atoms with Gasteiger partial charge in [0.05, 0.1) is 23.0 Å². The van der Waals surface area contributed by atoms with Gasteiger partial charge in [-0.05, 0) is 12.1 Å². The zero-order chi connectivity index (χ0) is 16.8. The lowest BCUT2D eigenvalue weighted by Crippen LogP contribution is -2.37. The Morgan fingerprint density at radius 1 is 1.30 bits per heavy atom. The number of fused-ring (bicyclic) bond motifs is 1. The number of thiophene rings is 1. The van der Waals surface area contributed by atoms with Crippen molar-refractivity contribution >= 4 is 38.9 Å². The average Bonchev–Trinajstić information content (AvgIpc) is 2.95. The highest BCUT2D eigenvalue weighted by Crippen LogP contribution is 2.28. The van der Waals surface area contributed by atoms with Crippen molar-refractivity contribution in [2.75, 3.05) is 26.8 Å². The first-order valence-corrected chi connectivity index (χ1v) is 7.54. The number of non-ortho nitro benzene ring substituents is 1. The van der Waals surface area contributed by atoms with Gasteiger partial charge in [-0.3, -0.25) is 19.7 Å². The number of carbonyl (C=O) groups excluding carboxylic acids is 2. The molecule has 0 aliphatic rings. The minimum atomic E-state index is -0.485. The number of amides is 2. The Balaban J connectivity index is 1.98. The number of carbonyl (C=O) groups is 2. The van der Waals surface area contributed by atoms with E-state index in [4.69, 9.17) is 4.74 Å². The number of nitro groups is 1. The van der Waals surface area contributed by atoms with Gasteiger partial charge in [-0.15, -0.1) is 11.3 Å². The maximum atomic E-state index is 12.0. The van der Waals surface area contributed by atoms with Crippen LogP contribution in [-0.4, -0.2) is 43.5 Å². The van der Waals surface area contributed by atoms with Crippen LogP contribution < -0.4 is 10.6 Å². The molecule has 0 unspecified atom stereocenters. The molecule has 0 saturated heterocycles. The number of ether oxygens (including phenoxy) is 1. The second-order valence-electron chi connectivity index (χ2n) is 4.62. The monoisotopic (exact) mass is 337 g/mol. The lowest BCUT2D eigenvalue weighted by Gasteiger charge is -2.05. The maximum Gasteiger partial charge on any atom is 0.270 e. The van der Waals surface area contributed by atoms with E-state index in [-0.39, 0.29) is 18.1 Å². The first-order chi connectivity index (χ1) is 11.0. The second kappa shape index (κ2) is 7.65.